The van der Waals surface area contributed by atoms with Gasteiger partial charge in [0.25, 0.3) is 0 Å². The topological polar surface area (TPSA) is 83.6 Å². The summed E-state index contributed by atoms with van der Waals surface area (Å²) in [4.78, 5) is 31.9. The summed E-state index contributed by atoms with van der Waals surface area (Å²) in [5.74, 6) is 1.89. The van der Waals surface area contributed by atoms with Gasteiger partial charge in [-0.1, -0.05) is 26.7 Å². The molecule has 7 heteroatoms. The molecule has 1 aromatic heterocycles. The second-order valence-corrected chi connectivity index (χ2v) is 9.62. The number of ether oxygens (including phenoxy) is 1. The number of fused-ring (bicyclic) bond motifs is 1. The van der Waals surface area contributed by atoms with Crippen molar-refractivity contribution >= 4 is 34.2 Å². The molecule has 0 radical (unpaired) electrons. The van der Waals surface area contributed by atoms with Gasteiger partial charge in [-0.2, -0.15) is 0 Å². The van der Waals surface area contributed by atoms with Gasteiger partial charge < -0.3 is 20.3 Å². The van der Waals surface area contributed by atoms with Gasteiger partial charge in [0.2, 0.25) is 11.8 Å². The molecule has 2 heterocycles. The number of aryl methyl sites for hydroxylation is 1. The Bertz CT molecular complexity index is 1000. The zero-order valence-corrected chi connectivity index (χ0v) is 20.0. The summed E-state index contributed by atoms with van der Waals surface area (Å²) in [7, 11) is 0. The van der Waals surface area contributed by atoms with Gasteiger partial charge in [0, 0.05) is 43.0 Å². The van der Waals surface area contributed by atoms with Gasteiger partial charge in [0.05, 0.1) is 18.7 Å². The summed E-state index contributed by atoms with van der Waals surface area (Å²) in [5.41, 5.74) is 2.75. The lowest BCUT2D eigenvalue weighted by molar-refractivity contribution is -0.125. The van der Waals surface area contributed by atoms with Gasteiger partial charge in [-0.15, -0.1) is 0 Å². The Balaban J connectivity index is 1.33. The van der Waals surface area contributed by atoms with Crippen LogP contribution in [0.25, 0.3) is 10.9 Å². The van der Waals surface area contributed by atoms with Crippen LogP contribution >= 0.6 is 0 Å². The van der Waals surface area contributed by atoms with E-state index in [4.69, 9.17) is 9.72 Å². The van der Waals surface area contributed by atoms with Crippen molar-refractivity contribution in [2.45, 2.75) is 58.9 Å². The van der Waals surface area contributed by atoms with Crippen LogP contribution in [0.3, 0.4) is 0 Å². The van der Waals surface area contributed by atoms with Crippen LogP contribution in [0.1, 0.15) is 51.5 Å². The van der Waals surface area contributed by atoms with Crippen molar-refractivity contribution < 1.29 is 14.3 Å². The number of pyridine rings is 1. The predicted octanol–water partition coefficient (Wildman–Crippen LogP) is 4.04. The number of benzene rings is 1. The first kappa shape index (κ1) is 23.5. The number of morpholine rings is 1. The average molecular weight is 453 g/mol. The van der Waals surface area contributed by atoms with Crippen molar-refractivity contribution in [3.63, 3.8) is 0 Å². The Morgan fingerprint density at radius 1 is 1.09 bits per heavy atom. The second-order valence-electron chi connectivity index (χ2n) is 9.62. The summed E-state index contributed by atoms with van der Waals surface area (Å²) in [5, 5.41) is 7.10. The minimum absolute atomic E-state index is 0.0368. The summed E-state index contributed by atoms with van der Waals surface area (Å²) in [6, 6.07) is 8.10. The molecular weight excluding hydrogens is 416 g/mol. The van der Waals surface area contributed by atoms with Crippen molar-refractivity contribution in [1.82, 2.24) is 10.3 Å². The highest BCUT2D eigenvalue weighted by Crippen LogP contribution is 2.29. The van der Waals surface area contributed by atoms with Crippen molar-refractivity contribution in [2.24, 2.45) is 11.8 Å². The molecule has 2 aromatic rings. The number of nitrogens with one attached hydrogen (secondary N) is 2. The van der Waals surface area contributed by atoms with Crippen LogP contribution < -0.4 is 15.5 Å². The van der Waals surface area contributed by atoms with Gasteiger partial charge in [-0.25, -0.2) is 4.98 Å². The van der Waals surface area contributed by atoms with Crippen LogP contribution in [0.4, 0.5) is 11.5 Å². The van der Waals surface area contributed by atoms with E-state index < -0.39 is 0 Å². The van der Waals surface area contributed by atoms with Crippen LogP contribution in [-0.4, -0.2) is 49.1 Å². The molecule has 0 bridgehead atoms. The molecule has 1 saturated heterocycles. The van der Waals surface area contributed by atoms with E-state index in [1.807, 2.05) is 18.2 Å². The fourth-order valence-electron chi connectivity index (χ4n) is 4.92. The number of amides is 2. The molecule has 2 aliphatic rings. The van der Waals surface area contributed by atoms with Crippen molar-refractivity contribution in [3.8, 4) is 0 Å². The quantitative estimate of drug-likeness (QED) is 0.691. The molecule has 1 saturated carbocycles. The van der Waals surface area contributed by atoms with Gasteiger partial charge in [-0.3, -0.25) is 9.59 Å². The SMILES string of the molecule is Cc1cc(N2CCOCC2)nc2ccc(NC(=O)CCC(=O)N[C@@H]3CCC[C@H](C)[C@@H]3C)cc12. The predicted molar refractivity (Wildman–Crippen MR) is 131 cm³/mol. The van der Waals surface area contributed by atoms with Crippen LogP contribution in [0.5, 0.6) is 0 Å². The third-order valence-electron chi connectivity index (χ3n) is 7.25. The smallest absolute Gasteiger partial charge is 0.224 e. The highest BCUT2D eigenvalue weighted by molar-refractivity contribution is 5.96. The normalized spacial score (nSPS) is 23.4. The molecule has 1 aromatic carbocycles. The minimum Gasteiger partial charge on any atom is -0.378 e. The molecule has 33 heavy (non-hydrogen) atoms. The van der Waals surface area contributed by atoms with Gasteiger partial charge in [0.1, 0.15) is 5.82 Å². The lowest BCUT2D eigenvalue weighted by Gasteiger charge is -2.34. The lowest BCUT2D eigenvalue weighted by Crippen LogP contribution is -2.43. The zero-order chi connectivity index (χ0) is 23.4. The van der Waals surface area contributed by atoms with E-state index in [2.05, 4.69) is 42.4 Å². The maximum atomic E-state index is 12.5. The summed E-state index contributed by atoms with van der Waals surface area (Å²) in [6.07, 6.45) is 3.79. The van der Waals surface area contributed by atoms with Crippen molar-refractivity contribution in [2.75, 3.05) is 36.5 Å². The van der Waals surface area contributed by atoms with E-state index in [1.54, 1.807) is 0 Å². The average Bonchev–Trinajstić information content (AvgIpc) is 2.81. The largest absolute Gasteiger partial charge is 0.378 e. The lowest BCUT2D eigenvalue weighted by atomic mass is 9.78. The Hall–Kier alpha value is -2.67. The molecule has 0 spiro atoms. The summed E-state index contributed by atoms with van der Waals surface area (Å²) in [6.45, 7) is 9.66. The first-order chi connectivity index (χ1) is 15.9. The van der Waals surface area contributed by atoms with Gasteiger partial charge in [0.15, 0.2) is 0 Å². The second kappa shape index (κ2) is 10.5. The Kier molecular flexibility index (Phi) is 7.48. The fraction of sp³-hybridized carbons (Fsp3) is 0.577. The zero-order valence-electron chi connectivity index (χ0n) is 20.0. The van der Waals surface area contributed by atoms with Gasteiger partial charge >= 0.3 is 0 Å². The molecule has 7 nitrogen and oxygen atoms in total. The van der Waals surface area contributed by atoms with E-state index >= 15 is 0 Å². The van der Waals surface area contributed by atoms with Gasteiger partial charge in [-0.05, 0) is 55.0 Å². The molecular formula is C26H36N4O3. The van der Waals surface area contributed by atoms with Crippen LogP contribution in [0, 0.1) is 18.8 Å². The number of nitrogens with zero attached hydrogens (tertiary/aromatic N) is 2. The Labute approximate surface area is 196 Å². The third kappa shape index (κ3) is 5.82. The maximum Gasteiger partial charge on any atom is 0.224 e. The minimum atomic E-state index is -0.148. The standard InChI is InChI=1S/C26H36N4O3/c1-17-5-4-6-22(19(17)3)29-26(32)10-9-25(31)27-20-7-8-23-21(16-20)18(2)15-24(28-23)30-11-13-33-14-12-30/h7-8,15-17,19,22H,4-6,9-14H2,1-3H3,(H,27,31)(H,29,32)/t17-,19-,22+/m0/s1. The highest BCUT2D eigenvalue weighted by atomic mass is 16.5. The number of carbonyl (C=O) groups is 2. The molecule has 1 aliphatic heterocycles. The number of aromatic nitrogens is 1. The first-order valence-corrected chi connectivity index (χ1v) is 12.2. The molecule has 3 atom stereocenters. The highest BCUT2D eigenvalue weighted by Gasteiger charge is 2.28. The maximum absolute atomic E-state index is 12.5. The molecule has 0 unspecified atom stereocenters. The number of carbonyl (C=O) groups excluding carboxylic acids is 2. The number of rotatable bonds is 6. The van der Waals surface area contributed by atoms with Crippen molar-refractivity contribution in [1.29, 1.82) is 0 Å². The van der Waals surface area contributed by atoms with Crippen LogP contribution in [-0.2, 0) is 14.3 Å². The fourth-order valence-corrected chi connectivity index (χ4v) is 4.92. The molecule has 178 valence electrons. The van der Waals surface area contributed by atoms with Crippen LogP contribution in [0.15, 0.2) is 24.3 Å². The van der Waals surface area contributed by atoms with E-state index in [0.717, 1.165) is 67.1 Å². The third-order valence-corrected chi connectivity index (χ3v) is 7.25. The first-order valence-electron chi connectivity index (χ1n) is 12.2. The van der Waals surface area contributed by atoms with E-state index in [0.29, 0.717) is 11.8 Å². The number of hydrogen-bond donors (Lipinski definition) is 2. The van der Waals surface area contributed by atoms with E-state index in [-0.39, 0.29) is 30.7 Å². The van der Waals surface area contributed by atoms with Crippen molar-refractivity contribution in [3.05, 3.63) is 29.8 Å². The van der Waals surface area contributed by atoms with E-state index in [1.165, 1.54) is 6.42 Å². The number of hydrogen-bond acceptors (Lipinski definition) is 5. The summed E-state index contributed by atoms with van der Waals surface area (Å²) >= 11 is 0. The Morgan fingerprint density at radius 3 is 2.64 bits per heavy atom. The molecule has 2 fully saturated rings. The summed E-state index contributed by atoms with van der Waals surface area (Å²) < 4.78 is 5.44. The Morgan fingerprint density at radius 2 is 1.85 bits per heavy atom. The molecule has 2 N–H and O–H groups in total. The number of anilines is 2. The van der Waals surface area contributed by atoms with Crippen LogP contribution in [0.2, 0.25) is 0 Å². The monoisotopic (exact) mass is 452 g/mol. The molecule has 4 rings (SSSR count). The molecule has 1 aliphatic carbocycles. The van der Waals surface area contributed by atoms with E-state index in [9.17, 15) is 9.59 Å². The molecule has 2 amide bonds.